The van der Waals surface area contributed by atoms with Gasteiger partial charge in [0.25, 0.3) is 0 Å². The third-order valence-electron chi connectivity index (χ3n) is 4.61. The lowest BCUT2D eigenvalue weighted by atomic mass is 10.1. The van der Waals surface area contributed by atoms with Crippen molar-refractivity contribution < 1.29 is 19.2 Å². The molecule has 2 heterocycles. The molecule has 6 nitrogen and oxygen atoms in total. The number of imide groups is 2. The zero-order chi connectivity index (χ0) is 17.4. The molecule has 0 aromatic heterocycles. The van der Waals surface area contributed by atoms with Gasteiger partial charge in [-0.05, 0) is 11.1 Å². The van der Waals surface area contributed by atoms with Gasteiger partial charge in [0.05, 0.1) is 13.1 Å². The Morgan fingerprint density at radius 1 is 0.833 bits per heavy atom. The molecule has 0 spiro atoms. The van der Waals surface area contributed by atoms with Crippen LogP contribution < -0.4 is 0 Å². The van der Waals surface area contributed by atoms with Gasteiger partial charge in [0.1, 0.15) is 0 Å². The van der Waals surface area contributed by atoms with Gasteiger partial charge >= 0.3 is 0 Å². The fraction of sp³-hybridized carbons (Fsp3) is 0.444. The molecule has 2 fully saturated rings. The van der Waals surface area contributed by atoms with Gasteiger partial charge in [-0.1, -0.05) is 38.1 Å². The number of rotatable bonds is 4. The Morgan fingerprint density at radius 2 is 1.25 bits per heavy atom. The summed E-state index contributed by atoms with van der Waals surface area (Å²) in [7, 11) is 0. The standard InChI is InChI=1S/C18H20N2O4/c1-11-6-15(21)19(17(11)23)9-13-4-3-5-14(8-13)10-20-16(22)7-12(2)18(20)24/h3-5,8,11-12H,6-7,9-10H2,1-2H3. The van der Waals surface area contributed by atoms with Crippen LogP contribution in [0, 0.1) is 11.8 Å². The SMILES string of the molecule is CC1CC(=O)N(Cc2cccc(CN3C(=O)CC(C)C3=O)c2)C1=O. The van der Waals surface area contributed by atoms with Crippen LogP contribution in [0.4, 0.5) is 0 Å². The monoisotopic (exact) mass is 328 g/mol. The van der Waals surface area contributed by atoms with Crippen molar-refractivity contribution >= 4 is 23.6 Å². The van der Waals surface area contributed by atoms with Gasteiger partial charge in [0.2, 0.25) is 23.6 Å². The predicted octanol–water partition coefficient (Wildman–Crippen LogP) is 1.48. The summed E-state index contributed by atoms with van der Waals surface area (Å²) in [5, 5.41) is 0. The first kappa shape index (κ1) is 16.4. The zero-order valence-electron chi connectivity index (χ0n) is 13.8. The number of hydrogen-bond donors (Lipinski definition) is 0. The maximum atomic E-state index is 12.0. The van der Waals surface area contributed by atoms with E-state index in [9.17, 15) is 19.2 Å². The number of amides is 4. The molecule has 6 heteroatoms. The summed E-state index contributed by atoms with van der Waals surface area (Å²) in [4.78, 5) is 50.4. The zero-order valence-corrected chi connectivity index (χ0v) is 13.8. The quantitative estimate of drug-likeness (QED) is 0.785. The number of carbonyl (C=O) groups excluding carboxylic acids is 4. The highest BCUT2D eigenvalue weighted by Crippen LogP contribution is 2.23. The van der Waals surface area contributed by atoms with Gasteiger partial charge in [0.15, 0.2) is 0 Å². The summed E-state index contributed by atoms with van der Waals surface area (Å²) in [6.07, 6.45) is 0.514. The topological polar surface area (TPSA) is 74.8 Å². The molecule has 1 aromatic rings. The van der Waals surface area contributed by atoms with Crippen LogP contribution in [0.1, 0.15) is 37.8 Å². The molecule has 3 rings (SSSR count). The van der Waals surface area contributed by atoms with Crippen molar-refractivity contribution in [2.45, 2.75) is 39.8 Å². The van der Waals surface area contributed by atoms with Crippen LogP contribution in [0.5, 0.6) is 0 Å². The fourth-order valence-corrected chi connectivity index (χ4v) is 3.22. The van der Waals surface area contributed by atoms with Crippen molar-refractivity contribution in [1.82, 2.24) is 9.80 Å². The molecule has 0 saturated carbocycles. The molecule has 0 aliphatic carbocycles. The van der Waals surface area contributed by atoms with Gasteiger partial charge in [-0.25, -0.2) is 0 Å². The van der Waals surface area contributed by atoms with Gasteiger partial charge in [-0.15, -0.1) is 0 Å². The van der Waals surface area contributed by atoms with E-state index in [-0.39, 0.29) is 61.4 Å². The van der Waals surface area contributed by atoms with E-state index in [1.807, 2.05) is 24.3 Å². The first-order valence-electron chi connectivity index (χ1n) is 8.13. The van der Waals surface area contributed by atoms with Gasteiger partial charge in [0, 0.05) is 24.7 Å². The Balaban J connectivity index is 1.73. The lowest BCUT2D eigenvalue weighted by Crippen LogP contribution is -2.30. The average Bonchev–Trinajstić information content (AvgIpc) is 2.91. The van der Waals surface area contributed by atoms with Crippen molar-refractivity contribution in [3.8, 4) is 0 Å². The van der Waals surface area contributed by atoms with Crippen LogP contribution >= 0.6 is 0 Å². The first-order valence-corrected chi connectivity index (χ1v) is 8.13. The predicted molar refractivity (Wildman–Crippen MR) is 85.1 cm³/mol. The summed E-state index contributed by atoms with van der Waals surface area (Å²) in [5.74, 6) is -1.13. The summed E-state index contributed by atoms with van der Waals surface area (Å²) < 4.78 is 0. The minimum atomic E-state index is -0.262. The lowest BCUT2D eigenvalue weighted by Gasteiger charge is -2.17. The molecule has 0 radical (unpaired) electrons. The maximum absolute atomic E-state index is 12.0. The number of likely N-dealkylation sites (tertiary alicyclic amines) is 2. The molecule has 2 atom stereocenters. The Hall–Kier alpha value is -2.50. The molecule has 24 heavy (non-hydrogen) atoms. The molecule has 0 bridgehead atoms. The smallest absolute Gasteiger partial charge is 0.232 e. The second kappa shape index (κ2) is 6.19. The molecule has 126 valence electrons. The molecule has 2 aliphatic rings. The second-order valence-electron chi connectivity index (χ2n) is 6.67. The Morgan fingerprint density at radius 3 is 1.58 bits per heavy atom. The van der Waals surface area contributed by atoms with Gasteiger partial charge in [-0.3, -0.25) is 29.0 Å². The van der Waals surface area contributed by atoms with Crippen LogP contribution in [0.25, 0.3) is 0 Å². The Labute approximate surface area is 140 Å². The highest BCUT2D eigenvalue weighted by atomic mass is 16.2. The largest absolute Gasteiger partial charge is 0.278 e. The maximum Gasteiger partial charge on any atom is 0.232 e. The number of benzene rings is 1. The molecule has 2 saturated heterocycles. The van der Waals surface area contributed by atoms with E-state index in [0.29, 0.717) is 0 Å². The molecular weight excluding hydrogens is 308 g/mol. The van der Waals surface area contributed by atoms with E-state index in [2.05, 4.69) is 0 Å². The first-order chi connectivity index (χ1) is 11.4. The highest BCUT2D eigenvalue weighted by Gasteiger charge is 2.36. The summed E-state index contributed by atoms with van der Waals surface area (Å²) >= 11 is 0. The van der Waals surface area contributed by atoms with Crippen molar-refractivity contribution in [3.05, 3.63) is 35.4 Å². The van der Waals surface area contributed by atoms with E-state index >= 15 is 0 Å². The van der Waals surface area contributed by atoms with Gasteiger partial charge in [-0.2, -0.15) is 0 Å². The minimum absolute atomic E-state index is 0.149. The third kappa shape index (κ3) is 2.96. The highest BCUT2D eigenvalue weighted by molar-refractivity contribution is 6.03. The summed E-state index contributed by atoms with van der Waals surface area (Å²) in [5.41, 5.74) is 1.63. The van der Waals surface area contributed by atoms with Crippen molar-refractivity contribution in [1.29, 1.82) is 0 Å². The second-order valence-corrected chi connectivity index (χ2v) is 6.67. The lowest BCUT2D eigenvalue weighted by molar-refractivity contribution is -0.141. The molecule has 0 N–H and O–H groups in total. The third-order valence-corrected chi connectivity index (χ3v) is 4.61. The van der Waals surface area contributed by atoms with Gasteiger partial charge < -0.3 is 0 Å². The molecule has 2 unspecified atom stereocenters. The Kier molecular flexibility index (Phi) is 4.22. The van der Waals surface area contributed by atoms with E-state index in [4.69, 9.17) is 0 Å². The summed E-state index contributed by atoms with van der Waals surface area (Å²) in [6, 6.07) is 7.33. The fourth-order valence-electron chi connectivity index (χ4n) is 3.22. The van der Waals surface area contributed by atoms with Crippen molar-refractivity contribution in [2.24, 2.45) is 11.8 Å². The summed E-state index contributed by atoms with van der Waals surface area (Å²) in [6.45, 7) is 3.97. The van der Waals surface area contributed by atoms with Crippen LogP contribution in [-0.4, -0.2) is 33.4 Å². The van der Waals surface area contributed by atoms with E-state index < -0.39 is 0 Å². The van der Waals surface area contributed by atoms with Crippen LogP contribution in [-0.2, 0) is 32.3 Å². The number of nitrogens with zero attached hydrogens (tertiary/aromatic N) is 2. The number of carbonyl (C=O) groups is 4. The molecule has 1 aromatic carbocycles. The normalized spacial score (nSPS) is 24.4. The van der Waals surface area contributed by atoms with E-state index in [0.717, 1.165) is 11.1 Å². The van der Waals surface area contributed by atoms with Crippen molar-refractivity contribution in [3.63, 3.8) is 0 Å². The van der Waals surface area contributed by atoms with Crippen molar-refractivity contribution in [2.75, 3.05) is 0 Å². The van der Waals surface area contributed by atoms with Crippen LogP contribution in [0.15, 0.2) is 24.3 Å². The minimum Gasteiger partial charge on any atom is -0.278 e. The molecular formula is C18H20N2O4. The van der Waals surface area contributed by atoms with E-state index in [1.165, 1.54) is 9.80 Å². The van der Waals surface area contributed by atoms with Crippen LogP contribution in [0.2, 0.25) is 0 Å². The molecule has 4 amide bonds. The number of hydrogen-bond acceptors (Lipinski definition) is 4. The van der Waals surface area contributed by atoms with Crippen LogP contribution in [0.3, 0.4) is 0 Å². The molecule has 2 aliphatic heterocycles. The Bertz CT molecular complexity index is 670. The average molecular weight is 328 g/mol. The van der Waals surface area contributed by atoms with E-state index in [1.54, 1.807) is 13.8 Å².